The molecule has 1 saturated heterocycles. The molecule has 2 amide bonds. The molecule has 2 aromatic rings. The Labute approximate surface area is 178 Å². The van der Waals surface area contributed by atoms with Crippen LogP contribution in [0.4, 0.5) is 0 Å². The summed E-state index contributed by atoms with van der Waals surface area (Å²) in [6.45, 7) is 1.79. The summed E-state index contributed by atoms with van der Waals surface area (Å²) in [7, 11) is 3.29. The van der Waals surface area contributed by atoms with Crippen molar-refractivity contribution in [2.24, 2.45) is 0 Å². The molecule has 0 saturated carbocycles. The molecule has 0 bridgehead atoms. The Kier molecular flexibility index (Phi) is 7.46. The summed E-state index contributed by atoms with van der Waals surface area (Å²) < 4.78 is 10.5. The van der Waals surface area contributed by atoms with E-state index in [9.17, 15) is 9.59 Å². The predicted molar refractivity (Wildman–Crippen MR) is 116 cm³/mol. The summed E-state index contributed by atoms with van der Waals surface area (Å²) in [4.78, 5) is 27.5. The average molecular weight is 411 g/mol. The van der Waals surface area contributed by atoms with Crippen LogP contribution in [-0.2, 0) is 16.0 Å². The van der Waals surface area contributed by atoms with Crippen molar-refractivity contribution in [3.63, 3.8) is 0 Å². The normalized spacial score (nSPS) is 15.5. The molecule has 0 radical (unpaired) electrons. The van der Waals surface area contributed by atoms with Crippen LogP contribution in [0, 0.1) is 0 Å². The molecule has 160 valence electrons. The number of ether oxygens (including phenoxy) is 2. The Balaban J connectivity index is 1.62. The van der Waals surface area contributed by atoms with Gasteiger partial charge in [0.05, 0.1) is 13.5 Å². The third-order valence-electron chi connectivity index (χ3n) is 5.76. The molecule has 1 aliphatic rings. The number of piperidine rings is 1. The Morgan fingerprint density at radius 1 is 1.03 bits per heavy atom. The van der Waals surface area contributed by atoms with E-state index in [1.54, 1.807) is 14.2 Å². The molecule has 1 aliphatic heterocycles. The lowest BCUT2D eigenvalue weighted by Gasteiger charge is -2.42. The molecular formula is C24H30N2O4. The molecule has 0 atom stereocenters. The van der Waals surface area contributed by atoms with E-state index in [1.165, 1.54) is 0 Å². The van der Waals surface area contributed by atoms with Gasteiger partial charge in [-0.25, -0.2) is 0 Å². The number of nitrogens with zero attached hydrogens (tertiary/aromatic N) is 1. The summed E-state index contributed by atoms with van der Waals surface area (Å²) in [5, 5.41) is 3.23. The standard InChI is InChI=1S/C24H30N2O4/c1-29-16-13-24(25-23(28)20-8-4-3-5-9-20)11-14-26(15-12-24)22(27)18-19-7-6-10-21(17-19)30-2/h3-10,17H,11-16,18H2,1-2H3,(H,25,28). The van der Waals surface area contributed by atoms with Crippen molar-refractivity contribution < 1.29 is 19.1 Å². The van der Waals surface area contributed by atoms with E-state index in [0.29, 0.717) is 44.5 Å². The van der Waals surface area contributed by atoms with Crippen LogP contribution in [0.25, 0.3) is 0 Å². The lowest BCUT2D eigenvalue weighted by molar-refractivity contribution is -0.132. The number of hydrogen-bond acceptors (Lipinski definition) is 4. The van der Waals surface area contributed by atoms with E-state index in [4.69, 9.17) is 9.47 Å². The highest BCUT2D eigenvalue weighted by Gasteiger charge is 2.37. The van der Waals surface area contributed by atoms with E-state index in [-0.39, 0.29) is 17.4 Å². The summed E-state index contributed by atoms with van der Waals surface area (Å²) in [6, 6.07) is 16.8. The van der Waals surface area contributed by atoms with Gasteiger partial charge in [0, 0.05) is 37.9 Å². The first kappa shape index (κ1) is 21.8. The lowest BCUT2D eigenvalue weighted by Crippen LogP contribution is -2.56. The molecule has 1 heterocycles. The molecule has 0 unspecified atom stereocenters. The number of carbonyl (C=O) groups excluding carboxylic acids is 2. The van der Waals surface area contributed by atoms with Crippen LogP contribution in [0.3, 0.4) is 0 Å². The third kappa shape index (κ3) is 5.60. The van der Waals surface area contributed by atoms with Crippen molar-refractivity contribution >= 4 is 11.8 Å². The molecular weight excluding hydrogens is 380 g/mol. The Hall–Kier alpha value is -2.86. The highest BCUT2D eigenvalue weighted by atomic mass is 16.5. The van der Waals surface area contributed by atoms with Crippen LogP contribution in [0.1, 0.15) is 35.2 Å². The minimum Gasteiger partial charge on any atom is -0.497 e. The third-order valence-corrected chi connectivity index (χ3v) is 5.76. The molecule has 30 heavy (non-hydrogen) atoms. The maximum Gasteiger partial charge on any atom is 0.251 e. The molecule has 3 rings (SSSR count). The summed E-state index contributed by atoms with van der Waals surface area (Å²) in [5.74, 6) is 0.766. The van der Waals surface area contributed by atoms with Gasteiger partial charge >= 0.3 is 0 Å². The van der Waals surface area contributed by atoms with Crippen molar-refractivity contribution in [2.45, 2.75) is 31.2 Å². The van der Waals surface area contributed by atoms with Gasteiger partial charge in [0.1, 0.15) is 5.75 Å². The van der Waals surface area contributed by atoms with Crippen LogP contribution >= 0.6 is 0 Å². The number of hydrogen-bond donors (Lipinski definition) is 1. The number of carbonyl (C=O) groups is 2. The highest BCUT2D eigenvalue weighted by molar-refractivity contribution is 5.94. The zero-order chi connectivity index (χ0) is 21.4. The summed E-state index contributed by atoms with van der Waals surface area (Å²) in [5.41, 5.74) is 1.22. The smallest absolute Gasteiger partial charge is 0.251 e. The summed E-state index contributed by atoms with van der Waals surface area (Å²) >= 11 is 0. The minimum atomic E-state index is -0.365. The zero-order valence-electron chi connectivity index (χ0n) is 17.7. The molecule has 6 nitrogen and oxygen atoms in total. The predicted octanol–water partition coefficient (Wildman–Crippen LogP) is 3.07. The van der Waals surface area contributed by atoms with Gasteiger partial charge in [0.2, 0.25) is 5.91 Å². The molecule has 1 N–H and O–H groups in total. The molecule has 0 spiro atoms. The first-order valence-electron chi connectivity index (χ1n) is 10.3. The topological polar surface area (TPSA) is 67.9 Å². The van der Waals surface area contributed by atoms with Crippen LogP contribution < -0.4 is 10.1 Å². The van der Waals surface area contributed by atoms with Crippen molar-refractivity contribution in [1.29, 1.82) is 0 Å². The second-order valence-electron chi connectivity index (χ2n) is 7.75. The van der Waals surface area contributed by atoms with Gasteiger partial charge in [0.25, 0.3) is 5.91 Å². The second kappa shape index (κ2) is 10.3. The van der Waals surface area contributed by atoms with Crippen LogP contribution in [0.2, 0.25) is 0 Å². The molecule has 0 aromatic heterocycles. The molecule has 0 aliphatic carbocycles. The quantitative estimate of drug-likeness (QED) is 0.726. The lowest BCUT2D eigenvalue weighted by atomic mass is 9.84. The Morgan fingerprint density at radius 3 is 2.43 bits per heavy atom. The van der Waals surface area contributed by atoms with E-state index in [2.05, 4.69) is 5.32 Å². The fourth-order valence-electron chi connectivity index (χ4n) is 3.89. The van der Waals surface area contributed by atoms with Gasteiger partial charge < -0.3 is 19.7 Å². The second-order valence-corrected chi connectivity index (χ2v) is 7.75. The van der Waals surface area contributed by atoms with Gasteiger partial charge in [-0.3, -0.25) is 9.59 Å². The molecule has 1 fully saturated rings. The number of rotatable bonds is 8. The largest absolute Gasteiger partial charge is 0.497 e. The first-order valence-corrected chi connectivity index (χ1v) is 10.3. The first-order chi connectivity index (χ1) is 14.5. The van der Waals surface area contributed by atoms with Crippen molar-refractivity contribution in [3.8, 4) is 5.75 Å². The number of nitrogens with one attached hydrogen (secondary N) is 1. The number of likely N-dealkylation sites (tertiary alicyclic amines) is 1. The van der Waals surface area contributed by atoms with Gasteiger partial charge in [-0.2, -0.15) is 0 Å². The maximum atomic E-state index is 12.8. The van der Waals surface area contributed by atoms with Crippen molar-refractivity contribution in [2.75, 3.05) is 33.9 Å². The van der Waals surface area contributed by atoms with Gasteiger partial charge in [0.15, 0.2) is 0 Å². The molecule has 6 heteroatoms. The van der Waals surface area contributed by atoms with Crippen molar-refractivity contribution in [3.05, 3.63) is 65.7 Å². The average Bonchev–Trinajstić information content (AvgIpc) is 2.79. The van der Waals surface area contributed by atoms with E-state index >= 15 is 0 Å². The van der Waals surface area contributed by atoms with E-state index in [1.807, 2.05) is 59.5 Å². The van der Waals surface area contributed by atoms with Crippen molar-refractivity contribution in [1.82, 2.24) is 10.2 Å². The highest BCUT2D eigenvalue weighted by Crippen LogP contribution is 2.27. The fourth-order valence-corrected chi connectivity index (χ4v) is 3.89. The van der Waals surface area contributed by atoms with Crippen LogP contribution in [0.15, 0.2) is 54.6 Å². The Bertz CT molecular complexity index is 845. The zero-order valence-corrected chi connectivity index (χ0v) is 17.7. The monoisotopic (exact) mass is 410 g/mol. The fraction of sp³-hybridized carbons (Fsp3) is 0.417. The molecule has 2 aromatic carbocycles. The van der Waals surface area contributed by atoms with Gasteiger partial charge in [-0.1, -0.05) is 30.3 Å². The maximum absolute atomic E-state index is 12.8. The van der Waals surface area contributed by atoms with Crippen LogP contribution in [-0.4, -0.2) is 56.2 Å². The van der Waals surface area contributed by atoms with Crippen LogP contribution in [0.5, 0.6) is 5.75 Å². The van der Waals surface area contributed by atoms with E-state index in [0.717, 1.165) is 17.7 Å². The summed E-state index contributed by atoms with van der Waals surface area (Å²) in [6.07, 6.45) is 2.48. The SMILES string of the molecule is COCCC1(NC(=O)c2ccccc2)CCN(C(=O)Cc2cccc(OC)c2)CC1. The minimum absolute atomic E-state index is 0.0807. The van der Waals surface area contributed by atoms with Gasteiger partial charge in [-0.15, -0.1) is 0 Å². The van der Waals surface area contributed by atoms with Gasteiger partial charge in [-0.05, 0) is 49.1 Å². The number of benzene rings is 2. The number of amides is 2. The number of methoxy groups -OCH3 is 2. The van der Waals surface area contributed by atoms with E-state index < -0.39 is 0 Å². The Morgan fingerprint density at radius 2 is 1.77 bits per heavy atom.